The number of aliphatic hydroxyl groups is 1. The minimum atomic E-state index is -0.775. The van der Waals surface area contributed by atoms with Crippen LogP contribution in [0.15, 0.2) is 0 Å². The van der Waals surface area contributed by atoms with Crippen molar-refractivity contribution in [2.24, 2.45) is 0 Å². The Bertz CT molecular complexity index is 188. The quantitative estimate of drug-likeness (QED) is 0.324. The number of methoxy groups -OCH3 is 2. The fourth-order valence-corrected chi connectivity index (χ4v) is 1.47. The van der Waals surface area contributed by atoms with E-state index in [0.717, 1.165) is 19.5 Å². The van der Waals surface area contributed by atoms with Gasteiger partial charge in [-0.2, -0.15) is 0 Å². The molecular weight excluding hydrogens is 248 g/mol. The molecule has 0 heterocycles. The molecule has 19 heavy (non-hydrogen) atoms. The van der Waals surface area contributed by atoms with Gasteiger partial charge in [0.25, 0.3) is 0 Å². The molecule has 0 aliphatic heterocycles. The molecule has 0 aromatic heterocycles. The van der Waals surface area contributed by atoms with Crippen molar-refractivity contribution in [1.82, 2.24) is 10.6 Å². The molecule has 0 spiro atoms. The molecule has 0 aliphatic carbocycles. The molecule has 0 amide bonds. The fraction of sp³-hybridized carbons (Fsp3) is 1.00. The van der Waals surface area contributed by atoms with Crippen molar-refractivity contribution in [2.45, 2.75) is 32.0 Å². The third-order valence-electron chi connectivity index (χ3n) is 2.40. The molecule has 0 aromatic rings. The molecule has 0 aromatic carbocycles. The maximum atomic E-state index is 9.54. The van der Waals surface area contributed by atoms with Gasteiger partial charge in [-0.1, -0.05) is 0 Å². The van der Waals surface area contributed by atoms with Crippen LogP contribution in [0.5, 0.6) is 0 Å². The van der Waals surface area contributed by atoms with Gasteiger partial charge < -0.3 is 19.3 Å². The first-order chi connectivity index (χ1) is 8.99. The number of ether oxygens (including phenoxy) is 3. The van der Waals surface area contributed by atoms with E-state index < -0.39 is 5.60 Å². The van der Waals surface area contributed by atoms with E-state index in [4.69, 9.17) is 14.2 Å². The second kappa shape index (κ2) is 11.6. The molecule has 0 rings (SSSR count). The largest absolute Gasteiger partial charge is 0.388 e. The number of hydrogen-bond acceptors (Lipinski definition) is 6. The van der Waals surface area contributed by atoms with Gasteiger partial charge in [0.05, 0.1) is 31.6 Å². The Morgan fingerprint density at radius 1 is 1.00 bits per heavy atom. The number of rotatable bonds is 13. The molecule has 0 saturated heterocycles. The highest BCUT2D eigenvalue weighted by Crippen LogP contribution is 2.01. The normalized spacial score (nSPS) is 12.3. The van der Waals surface area contributed by atoms with Crippen LogP contribution in [-0.4, -0.2) is 70.6 Å². The molecule has 0 saturated carbocycles. The highest BCUT2D eigenvalue weighted by atomic mass is 16.5. The van der Waals surface area contributed by atoms with E-state index in [1.54, 1.807) is 28.1 Å². The smallest absolute Gasteiger partial charge is 0.0824 e. The minimum absolute atomic E-state index is 0.159. The second-order valence-electron chi connectivity index (χ2n) is 5.10. The van der Waals surface area contributed by atoms with Gasteiger partial charge in [-0.05, 0) is 20.3 Å². The van der Waals surface area contributed by atoms with Crippen LogP contribution in [0.25, 0.3) is 0 Å². The molecule has 0 bridgehead atoms. The van der Waals surface area contributed by atoms with E-state index in [9.17, 15) is 5.11 Å². The first-order valence-corrected chi connectivity index (χ1v) is 6.74. The van der Waals surface area contributed by atoms with Crippen molar-refractivity contribution < 1.29 is 19.3 Å². The first-order valence-electron chi connectivity index (χ1n) is 6.74. The predicted molar refractivity (Wildman–Crippen MR) is 75.3 cm³/mol. The standard InChI is InChI=1S/C13H30N2O4/c1-13(2,16)11-19-8-5-12(14-6-9-17-3)15-7-10-18-4/h12,14-16H,5-11H2,1-4H3. The van der Waals surface area contributed by atoms with Gasteiger partial charge in [0, 0.05) is 33.9 Å². The summed E-state index contributed by atoms with van der Waals surface area (Å²) in [5.74, 6) is 0. The molecule has 6 nitrogen and oxygen atoms in total. The second-order valence-corrected chi connectivity index (χ2v) is 5.10. The summed E-state index contributed by atoms with van der Waals surface area (Å²) in [6.07, 6.45) is 0.982. The lowest BCUT2D eigenvalue weighted by Gasteiger charge is -2.22. The summed E-state index contributed by atoms with van der Waals surface area (Å²) in [6, 6.07) is 0. The Hall–Kier alpha value is -0.240. The molecule has 0 unspecified atom stereocenters. The highest BCUT2D eigenvalue weighted by Gasteiger charge is 2.13. The lowest BCUT2D eigenvalue weighted by atomic mass is 10.2. The monoisotopic (exact) mass is 278 g/mol. The summed E-state index contributed by atoms with van der Waals surface area (Å²) >= 11 is 0. The molecule has 0 atom stereocenters. The van der Waals surface area contributed by atoms with Crippen LogP contribution in [0, 0.1) is 0 Å². The van der Waals surface area contributed by atoms with Crippen molar-refractivity contribution in [1.29, 1.82) is 0 Å². The van der Waals surface area contributed by atoms with Gasteiger partial charge in [0.1, 0.15) is 0 Å². The Morgan fingerprint density at radius 2 is 1.53 bits per heavy atom. The van der Waals surface area contributed by atoms with Gasteiger partial charge >= 0.3 is 0 Å². The summed E-state index contributed by atoms with van der Waals surface area (Å²) in [4.78, 5) is 0. The van der Waals surface area contributed by atoms with Crippen LogP contribution in [0.1, 0.15) is 20.3 Å². The van der Waals surface area contributed by atoms with Crippen molar-refractivity contribution in [3.05, 3.63) is 0 Å². The molecule has 0 aliphatic rings. The maximum absolute atomic E-state index is 9.54. The van der Waals surface area contributed by atoms with Crippen molar-refractivity contribution in [3.63, 3.8) is 0 Å². The lowest BCUT2D eigenvalue weighted by molar-refractivity contribution is -0.0235. The minimum Gasteiger partial charge on any atom is -0.388 e. The maximum Gasteiger partial charge on any atom is 0.0824 e. The Kier molecular flexibility index (Phi) is 11.4. The summed E-state index contributed by atoms with van der Waals surface area (Å²) in [7, 11) is 3.36. The SMILES string of the molecule is COCCNC(CCOCC(C)(C)O)NCCOC. The average Bonchev–Trinajstić information content (AvgIpc) is 2.33. The van der Waals surface area contributed by atoms with Gasteiger partial charge in [-0.3, -0.25) is 10.6 Å². The van der Waals surface area contributed by atoms with Crippen LogP contribution in [0.2, 0.25) is 0 Å². The van der Waals surface area contributed by atoms with E-state index >= 15 is 0 Å². The summed E-state index contributed by atoms with van der Waals surface area (Å²) in [5, 5.41) is 16.2. The predicted octanol–water partition coefficient (Wildman–Crippen LogP) is -0.0379. The zero-order valence-corrected chi connectivity index (χ0v) is 12.7. The molecule has 6 heteroatoms. The van der Waals surface area contributed by atoms with Crippen LogP contribution in [0.4, 0.5) is 0 Å². The Balaban J connectivity index is 3.76. The van der Waals surface area contributed by atoms with Crippen LogP contribution >= 0.6 is 0 Å². The Morgan fingerprint density at radius 3 is 1.95 bits per heavy atom. The van der Waals surface area contributed by atoms with Crippen LogP contribution in [-0.2, 0) is 14.2 Å². The molecule has 0 radical (unpaired) electrons. The zero-order chi connectivity index (χ0) is 14.6. The van der Waals surface area contributed by atoms with E-state index in [0.29, 0.717) is 26.4 Å². The van der Waals surface area contributed by atoms with Gasteiger partial charge in [-0.15, -0.1) is 0 Å². The average molecular weight is 278 g/mol. The summed E-state index contributed by atoms with van der Waals surface area (Å²) in [6.45, 7) is 7.32. The van der Waals surface area contributed by atoms with Gasteiger partial charge in [-0.25, -0.2) is 0 Å². The van der Waals surface area contributed by atoms with Crippen LogP contribution < -0.4 is 10.6 Å². The van der Waals surface area contributed by atoms with E-state index in [1.165, 1.54) is 0 Å². The molecule has 3 N–H and O–H groups in total. The Labute approximate surface area is 116 Å². The number of nitrogens with one attached hydrogen (secondary N) is 2. The van der Waals surface area contributed by atoms with Gasteiger partial charge in [0.15, 0.2) is 0 Å². The third kappa shape index (κ3) is 14.0. The summed E-state index contributed by atoms with van der Waals surface area (Å²) < 4.78 is 15.5. The third-order valence-corrected chi connectivity index (χ3v) is 2.40. The highest BCUT2D eigenvalue weighted by molar-refractivity contribution is 4.66. The van der Waals surface area contributed by atoms with E-state index in [1.807, 2.05) is 0 Å². The molecular formula is C13H30N2O4. The molecule has 116 valence electrons. The fourth-order valence-electron chi connectivity index (χ4n) is 1.47. The number of hydrogen-bond donors (Lipinski definition) is 3. The van der Waals surface area contributed by atoms with E-state index in [2.05, 4.69) is 10.6 Å². The van der Waals surface area contributed by atoms with Gasteiger partial charge in [0.2, 0.25) is 0 Å². The van der Waals surface area contributed by atoms with Crippen molar-refractivity contribution >= 4 is 0 Å². The van der Waals surface area contributed by atoms with Crippen molar-refractivity contribution in [3.8, 4) is 0 Å². The first kappa shape index (κ1) is 18.8. The topological polar surface area (TPSA) is 72.0 Å². The zero-order valence-electron chi connectivity index (χ0n) is 12.7. The van der Waals surface area contributed by atoms with E-state index in [-0.39, 0.29) is 6.17 Å². The lowest BCUT2D eigenvalue weighted by Crippen LogP contribution is -2.45. The molecule has 0 fully saturated rings. The van der Waals surface area contributed by atoms with Crippen molar-refractivity contribution in [2.75, 3.05) is 53.7 Å². The summed E-state index contributed by atoms with van der Waals surface area (Å²) in [5.41, 5.74) is -0.775. The van der Waals surface area contributed by atoms with Crippen LogP contribution in [0.3, 0.4) is 0 Å².